The molecule has 22 heavy (non-hydrogen) atoms. The van der Waals surface area contributed by atoms with E-state index in [4.69, 9.17) is 5.26 Å². The summed E-state index contributed by atoms with van der Waals surface area (Å²) in [6, 6.07) is 8.82. The summed E-state index contributed by atoms with van der Waals surface area (Å²) >= 11 is 0. The molecule has 1 aromatic heterocycles. The number of benzene rings is 1. The van der Waals surface area contributed by atoms with Crippen LogP contribution in [0.2, 0.25) is 0 Å². The fourth-order valence-electron chi connectivity index (χ4n) is 2.90. The minimum absolute atomic E-state index is 0.0153. The minimum Gasteiger partial charge on any atom is -0.290 e. The quantitative estimate of drug-likeness (QED) is 0.816. The van der Waals surface area contributed by atoms with E-state index in [9.17, 15) is 9.18 Å². The van der Waals surface area contributed by atoms with Crippen molar-refractivity contribution in [3.63, 3.8) is 0 Å². The van der Waals surface area contributed by atoms with Gasteiger partial charge in [-0.25, -0.2) is 14.1 Å². The molecule has 1 saturated carbocycles. The van der Waals surface area contributed by atoms with Gasteiger partial charge in [-0.3, -0.25) is 4.79 Å². The summed E-state index contributed by atoms with van der Waals surface area (Å²) in [6.45, 7) is 0. The van der Waals surface area contributed by atoms with Crippen LogP contribution in [0.15, 0.2) is 24.3 Å². The van der Waals surface area contributed by atoms with Crippen molar-refractivity contribution in [2.75, 3.05) is 0 Å². The molecule has 2 unspecified atom stereocenters. The van der Waals surface area contributed by atoms with E-state index in [1.165, 1.54) is 4.68 Å². The van der Waals surface area contributed by atoms with Crippen molar-refractivity contribution < 1.29 is 9.18 Å². The predicted octanol–water partition coefficient (Wildman–Crippen LogP) is 2.75. The van der Waals surface area contributed by atoms with Crippen molar-refractivity contribution in [2.24, 2.45) is 5.92 Å². The molecule has 0 N–H and O–H groups in total. The molecule has 1 fully saturated rings. The molecule has 2 heterocycles. The summed E-state index contributed by atoms with van der Waals surface area (Å²) in [6.07, 6.45) is 0.747. The second kappa shape index (κ2) is 4.73. The third-order valence-electron chi connectivity index (χ3n) is 4.23. The van der Waals surface area contributed by atoms with Crippen LogP contribution in [0.25, 0.3) is 0 Å². The molecule has 1 aromatic carbocycles. The lowest BCUT2D eigenvalue weighted by atomic mass is 10.0. The molecule has 1 aliphatic carbocycles. The number of nitrogens with zero attached hydrogens (tertiary/aromatic N) is 4. The fourth-order valence-corrected chi connectivity index (χ4v) is 2.90. The molecule has 2 aromatic rings. The second-order valence-electron chi connectivity index (χ2n) is 5.83. The summed E-state index contributed by atoms with van der Waals surface area (Å²) < 4.78 is 15.7. The molecule has 1 aliphatic heterocycles. The molecule has 0 saturated heterocycles. The summed E-state index contributed by atoms with van der Waals surface area (Å²) in [4.78, 5) is 16.2. The maximum atomic E-state index is 14.2. The van der Waals surface area contributed by atoms with Gasteiger partial charge in [0.25, 0.3) is 0 Å². The van der Waals surface area contributed by atoms with Crippen LogP contribution < -0.4 is 0 Å². The molecular formula is C16H13FN4O. The van der Waals surface area contributed by atoms with Crippen molar-refractivity contribution in [2.45, 2.75) is 31.5 Å². The Labute approximate surface area is 126 Å². The number of ketones is 1. The lowest BCUT2D eigenvalue weighted by molar-refractivity contribution is 0.0956. The summed E-state index contributed by atoms with van der Waals surface area (Å²) in [5.74, 6) is 0.276. The Hall–Kier alpha value is -2.55. The Bertz CT molecular complexity index is 803. The summed E-state index contributed by atoms with van der Waals surface area (Å²) in [5, 5.41) is 13.2. The lowest BCUT2D eigenvalue weighted by Crippen LogP contribution is -2.10. The van der Waals surface area contributed by atoms with Gasteiger partial charge in [-0.1, -0.05) is 12.1 Å². The van der Waals surface area contributed by atoms with Crippen molar-refractivity contribution >= 4 is 5.78 Å². The lowest BCUT2D eigenvalue weighted by Gasteiger charge is -2.11. The van der Waals surface area contributed by atoms with E-state index in [1.807, 2.05) is 6.07 Å². The van der Waals surface area contributed by atoms with Crippen LogP contribution in [0.1, 0.15) is 59.0 Å². The highest BCUT2D eigenvalue weighted by atomic mass is 19.1. The largest absolute Gasteiger partial charge is 0.290 e. The molecule has 0 amide bonds. The molecule has 0 bridgehead atoms. The average Bonchev–Trinajstić information content (AvgIpc) is 3.22. The minimum atomic E-state index is -1.23. The summed E-state index contributed by atoms with van der Waals surface area (Å²) in [7, 11) is 0. The maximum Gasteiger partial charge on any atom is 0.217 e. The van der Waals surface area contributed by atoms with E-state index in [1.54, 1.807) is 18.2 Å². The molecule has 110 valence electrons. The van der Waals surface area contributed by atoms with E-state index in [0.29, 0.717) is 5.56 Å². The van der Waals surface area contributed by atoms with Crippen LogP contribution in [0.5, 0.6) is 0 Å². The third-order valence-corrected chi connectivity index (χ3v) is 4.23. The van der Waals surface area contributed by atoms with E-state index in [-0.39, 0.29) is 35.8 Å². The SMILES string of the molecule is N#Cc1cccc(C2CC(F)c3nc(C(=O)C4CC4)nn32)c1. The number of alkyl halides is 1. The fraction of sp³-hybridized carbons (Fsp3) is 0.375. The molecule has 0 spiro atoms. The zero-order valence-corrected chi connectivity index (χ0v) is 11.7. The summed E-state index contributed by atoms with van der Waals surface area (Å²) in [5.41, 5.74) is 1.34. The van der Waals surface area contributed by atoms with Crippen molar-refractivity contribution in [3.8, 4) is 6.07 Å². The predicted molar refractivity (Wildman–Crippen MR) is 74.8 cm³/mol. The van der Waals surface area contributed by atoms with E-state index in [0.717, 1.165) is 18.4 Å². The normalized spacial score (nSPS) is 23.1. The van der Waals surface area contributed by atoms with E-state index >= 15 is 0 Å². The van der Waals surface area contributed by atoms with Gasteiger partial charge in [0.05, 0.1) is 17.7 Å². The Morgan fingerprint density at radius 2 is 2.23 bits per heavy atom. The number of halogens is 1. The highest BCUT2D eigenvalue weighted by Crippen LogP contribution is 2.40. The Morgan fingerprint density at radius 1 is 1.41 bits per heavy atom. The zero-order chi connectivity index (χ0) is 15.3. The Balaban J connectivity index is 1.73. The van der Waals surface area contributed by atoms with Gasteiger partial charge in [0.15, 0.2) is 12.0 Å². The van der Waals surface area contributed by atoms with E-state index in [2.05, 4.69) is 16.2 Å². The number of rotatable bonds is 3. The van der Waals surface area contributed by atoms with Crippen LogP contribution >= 0.6 is 0 Å². The van der Waals surface area contributed by atoms with Gasteiger partial charge >= 0.3 is 0 Å². The average molecular weight is 296 g/mol. The first-order chi connectivity index (χ1) is 10.7. The van der Waals surface area contributed by atoms with Crippen LogP contribution in [0.4, 0.5) is 4.39 Å². The Morgan fingerprint density at radius 3 is 2.95 bits per heavy atom. The number of hydrogen-bond donors (Lipinski definition) is 0. The molecule has 4 rings (SSSR count). The number of aromatic nitrogens is 3. The van der Waals surface area contributed by atoms with Crippen molar-refractivity contribution in [1.82, 2.24) is 14.8 Å². The molecule has 2 aliphatic rings. The first-order valence-electron chi connectivity index (χ1n) is 7.32. The monoisotopic (exact) mass is 296 g/mol. The highest BCUT2D eigenvalue weighted by Gasteiger charge is 2.39. The van der Waals surface area contributed by atoms with Crippen LogP contribution in [0.3, 0.4) is 0 Å². The van der Waals surface area contributed by atoms with Gasteiger partial charge < -0.3 is 0 Å². The maximum absolute atomic E-state index is 14.2. The first-order valence-corrected chi connectivity index (χ1v) is 7.32. The highest BCUT2D eigenvalue weighted by molar-refractivity contribution is 5.95. The van der Waals surface area contributed by atoms with Crippen LogP contribution in [-0.2, 0) is 0 Å². The number of hydrogen-bond acceptors (Lipinski definition) is 4. The van der Waals surface area contributed by atoms with Gasteiger partial charge in [0.1, 0.15) is 0 Å². The topological polar surface area (TPSA) is 71.6 Å². The molecule has 5 nitrogen and oxygen atoms in total. The van der Waals surface area contributed by atoms with Crippen LogP contribution in [-0.4, -0.2) is 20.5 Å². The smallest absolute Gasteiger partial charge is 0.217 e. The second-order valence-corrected chi connectivity index (χ2v) is 5.83. The number of carbonyl (C=O) groups is 1. The number of nitriles is 1. The van der Waals surface area contributed by atoms with Crippen molar-refractivity contribution in [3.05, 3.63) is 47.0 Å². The van der Waals surface area contributed by atoms with Crippen molar-refractivity contribution in [1.29, 1.82) is 5.26 Å². The number of Topliss-reactive ketones (excluding diaryl/α,β-unsaturated/α-hetero) is 1. The molecule has 6 heteroatoms. The van der Waals surface area contributed by atoms with Gasteiger partial charge in [-0.2, -0.15) is 5.26 Å². The standard InChI is InChI=1S/C16H13FN4O/c17-12-7-13(11-3-1-2-9(6-11)8-18)21-16(12)19-15(20-21)14(22)10-4-5-10/h1-3,6,10,12-13H,4-5,7H2. The van der Waals surface area contributed by atoms with E-state index < -0.39 is 6.17 Å². The van der Waals surface area contributed by atoms with Gasteiger partial charge in [-0.15, -0.1) is 5.10 Å². The van der Waals surface area contributed by atoms with Gasteiger partial charge in [0.2, 0.25) is 11.6 Å². The number of fused-ring (bicyclic) bond motifs is 1. The number of carbonyl (C=O) groups excluding carboxylic acids is 1. The Kier molecular flexibility index (Phi) is 2.83. The van der Waals surface area contributed by atoms with Gasteiger partial charge in [0, 0.05) is 12.3 Å². The van der Waals surface area contributed by atoms with Gasteiger partial charge in [-0.05, 0) is 30.5 Å². The molecule has 0 radical (unpaired) electrons. The third kappa shape index (κ3) is 2.01. The molecule has 2 atom stereocenters. The molecular weight excluding hydrogens is 283 g/mol. The van der Waals surface area contributed by atoms with Crippen LogP contribution in [0, 0.1) is 17.2 Å². The first kappa shape index (κ1) is 13.1. The zero-order valence-electron chi connectivity index (χ0n) is 11.7.